The minimum absolute atomic E-state index is 0.0660. The van der Waals surface area contributed by atoms with Crippen LogP contribution < -0.4 is 10.0 Å². The number of aromatic amines is 2. The second-order valence-corrected chi connectivity index (χ2v) is 11.9. The molecule has 0 fully saturated rings. The Labute approximate surface area is 245 Å². The van der Waals surface area contributed by atoms with Crippen LogP contribution in [-0.2, 0) is 21.4 Å². The van der Waals surface area contributed by atoms with Gasteiger partial charge < -0.3 is 10.3 Å². The molecule has 43 heavy (non-hydrogen) atoms. The van der Waals surface area contributed by atoms with Gasteiger partial charge in [-0.2, -0.15) is 5.10 Å². The summed E-state index contributed by atoms with van der Waals surface area (Å²) in [4.78, 5) is 33.4. The third-order valence-corrected chi connectivity index (χ3v) is 7.31. The molecule has 0 atom stereocenters. The molecule has 6 aromatic rings. The molecule has 0 saturated carbocycles. The van der Waals surface area contributed by atoms with Crippen molar-refractivity contribution in [2.24, 2.45) is 0 Å². The highest BCUT2D eigenvalue weighted by atomic mass is 32.2. The third-order valence-electron chi connectivity index (χ3n) is 6.64. The maximum atomic E-state index is 14.6. The summed E-state index contributed by atoms with van der Waals surface area (Å²) < 4.78 is 40.0. The molecule has 0 aliphatic carbocycles. The van der Waals surface area contributed by atoms with Crippen molar-refractivity contribution < 1.29 is 17.6 Å². The highest BCUT2D eigenvalue weighted by Gasteiger charge is 2.18. The van der Waals surface area contributed by atoms with Crippen LogP contribution in [-0.4, -0.2) is 55.7 Å². The molecule has 1 amide bonds. The molecule has 6 rings (SSSR count). The number of aromatic nitrogens is 7. The van der Waals surface area contributed by atoms with Gasteiger partial charge in [-0.15, -0.1) is 0 Å². The fourth-order valence-electron chi connectivity index (χ4n) is 4.72. The number of nitrogens with one attached hydrogen (secondary N) is 4. The van der Waals surface area contributed by atoms with Crippen molar-refractivity contribution in [2.75, 3.05) is 11.6 Å². The highest BCUT2D eigenvalue weighted by Crippen LogP contribution is 2.32. The Kier molecular flexibility index (Phi) is 7.38. The Morgan fingerprint density at radius 1 is 1.00 bits per heavy atom. The van der Waals surface area contributed by atoms with Crippen LogP contribution in [0.1, 0.15) is 25.3 Å². The first-order chi connectivity index (χ1) is 20.7. The van der Waals surface area contributed by atoms with E-state index in [0.29, 0.717) is 62.5 Å². The maximum absolute atomic E-state index is 14.6. The van der Waals surface area contributed by atoms with Crippen molar-refractivity contribution in [3.8, 4) is 33.9 Å². The number of imidazole rings is 1. The number of rotatable bonds is 9. The molecule has 0 bridgehead atoms. The topological polar surface area (TPSA) is 171 Å². The molecular formula is C29H26FN9O3S. The third kappa shape index (κ3) is 6.10. The number of hydrogen-bond acceptors (Lipinski definition) is 8. The largest absolute Gasteiger partial charge is 0.336 e. The summed E-state index contributed by atoms with van der Waals surface area (Å²) in [6, 6.07) is 9.76. The van der Waals surface area contributed by atoms with Gasteiger partial charge in [0, 0.05) is 48.2 Å². The molecule has 0 spiro atoms. The van der Waals surface area contributed by atoms with Crippen molar-refractivity contribution in [3.05, 3.63) is 72.6 Å². The summed E-state index contributed by atoms with van der Waals surface area (Å²) in [5.41, 5.74) is 5.64. The molecule has 5 heterocycles. The van der Waals surface area contributed by atoms with Crippen LogP contribution in [0.5, 0.6) is 0 Å². The van der Waals surface area contributed by atoms with Crippen molar-refractivity contribution in [3.63, 3.8) is 0 Å². The van der Waals surface area contributed by atoms with Gasteiger partial charge in [-0.3, -0.25) is 19.9 Å². The van der Waals surface area contributed by atoms with E-state index in [0.717, 1.165) is 23.8 Å². The number of halogens is 1. The molecular weight excluding hydrogens is 573 g/mol. The average molecular weight is 600 g/mol. The lowest BCUT2D eigenvalue weighted by atomic mass is 10.1. The fraction of sp³-hybridized carbons (Fsp3) is 0.172. The second-order valence-electron chi connectivity index (χ2n) is 10.0. The SMILES string of the molecule is CCCC(=O)Nc1cncc(-c2cnc3[nH]nc(-c4nc5c(-c6cc(F)cc(CNS(C)(=O)=O)c6)nccc5[nH]4)c3c2)c1. The Hall–Kier alpha value is -5.08. The summed E-state index contributed by atoms with van der Waals surface area (Å²) in [6.45, 7) is 1.88. The molecule has 0 aliphatic heterocycles. The molecule has 14 heteroatoms. The number of benzene rings is 1. The van der Waals surface area contributed by atoms with Crippen molar-refractivity contribution in [2.45, 2.75) is 26.3 Å². The molecule has 5 aromatic heterocycles. The van der Waals surface area contributed by atoms with E-state index in [4.69, 9.17) is 4.98 Å². The quantitative estimate of drug-likeness (QED) is 0.187. The van der Waals surface area contributed by atoms with Crippen LogP contribution in [0.3, 0.4) is 0 Å². The number of carbonyl (C=O) groups excluding carboxylic acids is 1. The molecule has 4 N–H and O–H groups in total. The van der Waals surface area contributed by atoms with E-state index in [-0.39, 0.29) is 12.5 Å². The van der Waals surface area contributed by atoms with E-state index >= 15 is 0 Å². The first-order valence-electron chi connectivity index (χ1n) is 13.4. The van der Waals surface area contributed by atoms with Gasteiger partial charge in [0.25, 0.3) is 0 Å². The molecule has 0 unspecified atom stereocenters. The van der Waals surface area contributed by atoms with E-state index in [2.05, 4.69) is 40.2 Å². The Morgan fingerprint density at radius 3 is 2.65 bits per heavy atom. The van der Waals surface area contributed by atoms with Crippen LogP contribution in [0.25, 0.3) is 56.0 Å². The first kappa shape index (κ1) is 28.1. The second kappa shape index (κ2) is 11.3. The first-order valence-corrected chi connectivity index (χ1v) is 15.2. The highest BCUT2D eigenvalue weighted by molar-refractivity contribution is 7.88. The molecule has 0 radical (unpaired) electrons. The van der Waals surface area contributed by atoms with Crippen LogP contribution in [0.2, 0.25) is 0 Å². The fourth-order valence-corrected chi connectivity index (χ4v) is 5.15. The van der Waals surface area contributed by atoms with Gasteiger partial charge in [0.15, 0.2) is 11.5 Å². The Balaban J connectivity index is 1.37. The van der Waals surface area contributed by atoms with E-state index in [9.17, 15) is 17.6 Å². The summed E-state index contributed by atoms with van der Waals surface area (Å²) >= 11 is 0. The Bertz CT molecular complexity index is 2110. The predicted molar refractivity (Wildman–Crippen MR) is 161 cm³/mol. The standard InChI is InChI=1S/C29H26FN9O3S/c1-3-4-24(40)35-21-10-18(13-31-15-21)19-11-22-26(38-39-28(22)33-14-19)29-36-23-5-6-32-25(27(23)37-29)17-7-16(8-20(30)9-17)12-34-43(2,41)42/h5-11,13-15,34H,3-4,12H2,1-2H3,(H,35,40)(H,36,37)(H,33,38,39). The van der Waals surface area contributed by atoms with E-state index in [1.807, 2.05) is 19.1 Å². The van der Waals surface area contributed by atoms with E-state index in [1.54, 1.807) is 36.9 Å². The van der Waals surface area contributed by atoms with Gasteiger partial charge in [-0.25, -0.2) is 27.5 Å². The minimum atomic E-state index is -3.46. The van der Waals surface area contributed by atoms with Crippen molar-refractivity contribution >= 4 is 43.7 Å². The van der Waals surface area contributed by atoms with Gasteiger partial charge in [0.2, 0.25) is 15.9 Å². The lowest BCUT2D eigenvalue weighted by Crippen LogP contribution is -2.21. The van der Waals surface area contributed by atoms with Crippen molar-refractivity contribution in [1.82, 2.24) is 39.8 Å². The number of fused-ring (bicyclic) bond motifs is 2. The van der Waals surface area contributed by atoms with E-state index < -0.39 is 15.8 Å². The van der Waals surface area contributed by atoms with Gasteiger partial charge in [-0.1, -0.05) is 6.92 Å². The molecule has 12 nitrogen and oxygen atoms in total. The molecule has 218 valence electrons. The number of sulfonamides is 1. The van der Waals surface area contributed by atoms with Crippen LogP contribution in [0, 0.1) is 5.82 Å². The Morgan fingerprint density at radius 2 is 1.84 bits per heavy atom. The maximum Gasteiger partial charge on any atom is 0.224 e. The van der Waals surface area contributed by atoms with Crippen LogP contribution in [0.15, 0.2) is 61.2 Å². The number of hydrogen-bond donors (Lipinski definition) is 4. The van der Waals surface area contributed by atoms with Crippen molar-refractivity contribution in [1.29, 1.82) is 0 Å². The summed E-state index contributed by atoms with van der Waals surface area (Å²) in [5, 5.41) is 10.9. The van der Waals surface area contributed by atoms with Crippen LogP contribution in [0.4, 0.5) is 10.1 Å². The zero-order valence-corrected chi connectivity index (χ0v) is 24.0. The van der Waals surface area contributed by atoms with Crippen LogP contribution >= 0.6 is 0 Å². The monoisotopic (exact) mass is 599 g/mol. The lowest BCUT2D eigenvalue weighted by Gasteiger charge is -2.07. The number of H-pyrrole nitrogens is 2. The lowest BCUT2D eigenvalue weighted by molar-refractivity contribution is -0.116. The van der Waals surface area contributed by atoms with Gasteiger partial charge in [0.05, 0.1) is 34.7 Å². The zero-order valence-electron chi connectivity index (χ0n) is 23.1. The van der Waals surface area contributed by atoms with E-state index in [1.165, 1.54) is 12.1 Å². The number of nitrogens with zero attached hydrogens (tertiary/aromatic N) is 5. The molecule has 1 aromatic carbocycles. The predicted octanol–water partition coefficient (Wildman–Crippen LogP) is 4.55. The molecule has 0 aliphatic rings. The summed E-state index contributed by atoms with van der Waals surface area (Å²) in [6.07, 6.45) is 8.77. The number of anilines is 1. The molecule has 0 saturated heterocycles. The normalized spacial score (nSPS) is 11.8. The van der Waals surface area contributed by atoms with Gasteiger partial charge >= 0.3 is 0 Å². The number of pyridine rings is 3. The minimum Gasteiger partial charge on any atom is -0.336 e. The average Bonchev–Trinajstić information content (AvgIpc) is 3.59. The van der Waals surface area contributed by atoms with Gasteiger partial charge in [0.1, 0.15) is 17.0 Å². The smallest absolute Gasteiger partial charge is 0.224 e. The number of carbonyl (C=O) groups is 1. The summed E-state index contributed by atoms with van der Waals surface area (Å²) in [5.74, 6) is -0.160. The number of amides is 1. The zero-order chi connectivity index (χ0) is 30.1. The summed E-state index contributed by atoms with van der Waals surface area (Å²) in [7, 11) is -3.46. The van der Waals surface area contributed by atoms with Gasteiger partial charge in [-0.05, 0) is 48.4 Å².